The third kappa shape index (κ3) is 2.50. The monoisotopic (exact) mass is 282 g/mol. The summed E-state index contributed by atoms with van der Waals surface area (Å²) in [5.74, 6) is 0.459. The minimum Gasteiger partial charge on any atom is -0.319 e. The lowest BCUT2D eigenvalue weighted by molar-refractivity contribution is -0.123. The van der Waals surface area contributed by atoms with Crippen molar-refractivity contribution in [2.45, 2.75) is 31.7 Å². The lowest BCUT2D eigenvalue weighted by Gasteiger charge is -2.22. The van der Waals surface area contributed by atoms with E-state index < -0.39 is 5.54 Å². The molecule has 16 heavy (non-hydrogen) atoms. The zero-order valence-electron chi connectivity index (χ0n) is 9.24. The van der Waals surface area contributed by atoms with Crippen LogP contribution in [0.5, 0.6) is 0 Å². The molecular weight excluding hydrogens is 268 g/mol. The van der Waals surface area contributed by atoms with Crippen molar-refractivity contribution < 1.29 is 4.79 Å². The molecule has 1 unspecified atom stereocenters. The Balaban J connectivity index is 2.04. The maximum atomic E-state index is 12.0. The van der Waals surface area contributed by atoms with Gasteiger partial charge in [-0.15, -0.1) is 0 Å². The predicted octanol–water partition coefficient (Wildman–Crippen LogP) is 2.08. The van der Waals surface area contributed by atoms with Gasteiger partial charge < -0.3 is 5.73 Å². The zero-order valence-corrected chi connectivity index (χ0v) is 10.8. The van der Waals surface area contributed by atoms with Gasteiger partial charge in [-0.05, 0) is 53.7 Å². The summed E-state index contributed by atoms with van der Waals surface area (Å²) >= 11 is 3.31. The Morgan fingerprint density at radius 1 is 1.62 bits per heavy atom. The molecule has 0 amide bonds. The molecule has 1 atom stereocenters. The van der Waals surface area contributed by atoms with E-state index in [2.05, 4.69) is 20.9 Å². The second-order valence-corrected chi connectivity index (χ2v) is 5.54. The summed E-state index contributed by atoms with van der Waals surface area (Å²) in [5.41, 5.74) is 6.17. The first-order chi connectivity index (χ1) is 7.50. The quantitative estimate of drug-likeness (QED) is 0.920. The molecule has 0 aromatic carbocycles. The highest BCUT2D eigenvalue weighted by molar-refractivity contribution is 9.10. The molecule has 1 heterocycles. The van der Waals surface area contributed by atoms with E-state index in [0.29, 0.717) is 12.3 Å². The molecule has 1 aliphatic carbocycles. The van der Waals surface area contributed by atoms with Crippen molar-refractivity contribution in [1.29, 1.82) is 0 Å². The number of halogens is 1. The van der Waals surface area contributed by atoms with Crippen LogP contribution < -0.4 is 5.73 Å². The van der Waals surface area contributed by atoms with E-state index in [0.717, 1.165) is 23.0 Å². The molecule has 0 aliphatic heterocycles. The van der Waals surface area contributed by atoms with Gasteiger partial charge >= 0.3 is 0 Å². The third-order valence-corrected chi connectivity index (χ3v) is 3.63. The first kappa shape index (κ1) is 11.7. The SMILES string of the molecule is CC(N)(C(=O)Cc1ccc(Br)cn1)C1CC1. The standard InChI is InChI=1S/C12H15BrN2O/c1-12(14,8-2-3-8)11(16)6-10-5-4-9(13)7-15-10/h4-5,7-8H,2-3,6,14H2,1H3. The van der Waals surface area contributed by atoms with Crippen molar-refractivity contribution in [3.05, 3.63) is 28.5 Å². The summed E-state index contributed by atoms with van der Waals surface area (Å²) in [4.78, 5) is 16.2. The number of rotatable bonds is 4. The molecule has 1 aromatic rings. The number of carbonyl (C=O) groups is 1. The lowest BCUT2D eigenvalue weighted by atomic mass is 9.89. The fraction of sp³-hybridized carbons (Fsp3) is 0.500. The molecule has 0 radical (unpaired) electrons. The van der Waals surface area contributed by atoms with Crippen LogP contribution >= 0.6 is 15.9 Å². The summed E-state index contributed by atoms with van der Waals surface area (Å²) in [6.07, 6.45) is 4.18. The number of hydrogen-bond donors (Lipinski definition) is 1. The number of Topliss-reactive ketones (excluding diaryl/α,β-unsaturated/α-hetero) is 1. The van der Waals surface area contributed by atoms with Gasteiger partial charge in [-0.1, -0.05) is 0 Å². The zero-order chi connectivity index (χ0) is 11.8. The van der Waals surface area contributed by atoms with E-state index in [1.807, 2.05) is 19.1 Å². The van der Waals surface area contributed by atoms with Crippen molar-refractivity contribution in [3.63, 3.8) is 0 Å². The van der Waals surface area contributed by atoms with Crippen LogP contribution in [0.2, 0.25) is 0 Å². The van der Waals surface area contributed by atoms with Gasteiger partial charge in [-0.25, -0.2) is 0 Å². The van der Waals surface area contributed by atoms with Gasteiger partial charge in [-0.2, -0.15) is 0 Å². The van der Waals surface area contributed by atoms with E-state index in [9.17, 15) is 4.79 Å². The first-order valence-electron chi connectivity index (χ1n) is 5.43. The van der Waals surface area contributed by atoms with Crippen LogP contribution in [0.1, 0.15) is 25.5 Å². The van der Waals surface area contributed by atoms with E-state index in [1.54, 1.807) is 6.20 Å². The molecule has 1 aromatic heterocycles. The average molecular weight is 283 g/mol. The van der Waals surface area contributed by atoms with Crippen LogP contribution in [-0.2, 0) is 11.2 Å². The van der Waals surface area contributed by atoms with E-state index in [1.165, 1.54) is 0 Å². The highest BCUT2D eigenvalue weighted by Gasteiger charge is 2.43. The molecule has 86 valence electrons. The van der Waals surface area contributed by atoms with Gasteiger partial charge in [0.2, 0.25) is 0 Å². The third-order valence-electron chi connectivity index (χ3n) is 3.16. The van der Waals surface area contributed by atoms with Crippen LogP contribution in [0.3, 0.4) is 0 Å². The molecule has 1 saturated carbocycles. The van der Waals surface area contributed by atoms with Crippen LogP contribution in [0.15, 0.2) is 22.8 Å². The maximum Gasteiger partial charge on any atom is 0.158 e. The van der Waals surface area contributed by atoms with Gasteiger partial charge in [0, 0.05) is 16.4 Å². The van der Waals surface area contributed by atoms with E-state index in [-0.39, 0.29) is 5.78 Å². The number of carbonyl (C=O) groups excluding carboxylic acids is 1. The van der Waals surface area contributed by atoms with Crippen LogP contribution in [0.25, 0.3) is 0 Å². The number of nitrogens with two attached hydrogens (primary N) is 1. The molecule has 4 heteroatoms. The van der Waals surface area contributed by atoms with Gasteiger partial charge in [0.1, 0.15) is 0 Å². The van der Waals surface area contributed by atoms with Crippen LogP contribution in [0, 0.1) is 5.92 Å². The van der Waals surface area contributed by atoms with Crippen molar-refractivity contribution in [2.75, 3.05) is 0 Å². The fourth-order valence-electron chi connectivity index (χ4n) is 1.78. The molecule has 0 bridgehead atoms. The number of hydrogen-bond acceptors (Lipinski definition) is 3. The maximum absolute atomic E-state index is 12.0. The Labute approximate surface area is 104 Å². The van der Waals surface area contributed by atoms with Crippen molar-refractivity contribution in [1.82, 2.24) is 4.98 Å². The van der Waals surface area contributed by atoms with E-state index in [4.69, 9.17) is 5.73 Å². The Bertz CT molecular complexity index is 396. The molecule has 2 N–H and O–H groups in total. The Kier molecular flexibility index (Phi) is 3.13. The second kappa shape index (κ2) is 4.26. The fourth-order valence-corrected chi connectivity index (χ4v) is 2.01. The van der Waals surface area contributed by atoms with Gasteiger partial charge in [-0.3, -0.25) is 9.78 Å². The molecule has 1 aliphatic rings. The molecule has 2 rings (SSSR count). The molecule has 0 spiro atoms. The summed E-state index contributed by atoms with van der Waals surface area (Å²) < 4.78 is 0.918. The van der Waals surface area contributed by atoms with E-state index >= 15 is 0 Å². The Morgan fingerprint density at radius 2 is 2.31 bits per heavy atom. The summed E-state index contributed by atoms with van der Waals surface area (Å²) in [6.45, 7) is 1.84. The minimum absolute atomic E-state index is 0.0878. The van der Waals surface area contributed by atoms with Gasteiger partial charge in [0.05, 0.1) is 12.0 Å². The second-order valence-electron chi connectivity index (χ2n) is 4.62. The highest BCUT2D eigenvalue weighted by atomic mass is 79.9. The number of ketones is 1. The van der Waals surface area contributed by atoms with Crippen LogP contribution in [-0.4, -0.2) is 16.3 Å². The number of nitrogens with zero attached hydrogens (tertiary/aromatic N) is 1. The van der Waals surface area contributed by atoms with Crippen molar-refractivity contribution in [3.8, 4) is 0 Å². The molecule has 3 nitrogen and oxygen atoms in total. The van der Waals surface area contributed by atoms with Crippen LogP contribution in [0.4, 0.5) is 0 Å². The normalized spacial score (nSPS) is 19.2. The first-order valence-corrected chi connectivity index (χ1v) is 6.22. The molecule has 0 saturated heterocycles. The minimum atomic E-state index is -0.672. The Morgan fingerprint density at radius 3 is 2.81 bits per heavy atom. The topological polar surface area (TPSA) is 56.0 Å². The lowest BCUT2D eigenvalue weighted by Crippen LogP contribution is -2.48. The summed E-state index contributed by atoms with van der Waals surface area (Å²) in [5, 5.41) is 0. The molecule has 1 fully saturated rings. The van der Waals surface area contributed by atoms with Gasteiger partial charge in [0.15, 0.2) is 5.78 Å². The largest absolute Gasteiger partial charge is 0.319 e. The summed E-state index contributed by atoms with van der Waals surface area (Å²) in [6, 6.07) is 3.74. The highest BCUT2D eigenvalue weighted by Crippen LogP contribution is 2.38. The average Bonchev–Trinajstić information content (AvgIpc) is 3.05. The van der Waals surface area contributed by atoms with Crippen molar-refractivity contribution in [2.24, 2.45) is 11.7 Å². The van der Waals surface area contributed by atoms with Gasteiger partial charge in [0.25, 0.3) is 0 Å². The smallest absolute Gasteiger partial charge is 0.158 e. The summed E-state index contributed by atoms with van der Waals surface area (Å²) in [7, 11) is 0. The molecular formula is C12H15BrN2O. The number of aromatic nitrogens is 1. The predicted molar refractivity (Wildman–Crippen MR) is 66.0 cm³/mol. The Hall–Kier alpha value is -0.740. The van der Waals surface area contributed by atoms with Crippen molar-refractivity contribution >= 4 is 21.7 Å². The number of pyridine rings is 1.